The molecular formula is C14H22O3. The number of hydrogen-bond donors (Lipinski definition) is 1. The van der Waals surface area contributed by atoms with Gasteiger partial charge >= 0.3 is 0 Å². The second-order valence-corrected chi connectivity index (χ2v) is 4.36. The van der Waals surface area contributed by atoms with Crippen molar-refractivity contribution in [1.82, 2.24) is 0 Å². The first kappa shape index (κ1) is 13.8. The van der Waals surface area contributed by atoms with Crippen LogP contribution >= 0.6 is 0 Å². The minimum Gasteiger partial charge on any atom is -0.496 e. The summed E-state index contributed by atoms with van der Waals surface area (Å²) in [7, 11) is 3.36. The molecule has 0 aliphatic rings. The van der Waals surface area contributed by atoms with Crippen LogP contribution in [0.1, 0.15) is 37.3 Å². The van der Waals surface area contributed by atoms with Gasteiger partial charge in [-0.1, -0.05) is 19.9 Å². The van der Waals surface area contributed by atoms with Gasteiger partial charge in [0.2, 0.25) is 0 Å². The van der Waals surface area contributed by atoms with Crippen LogP contribution in [0.2, 0.25) is 0 Å². The quantitative estimate of drug-likeness (QED) is 0.828. The standard InChI is InChI=1S/C14H22O3/c1-10(2)13-12(16-3)8-7-11(6-5-9-15)14(13)17-4/h7-8,10,15H,5-6,9H2,1-4H3. The zero-order valence-corrected chi connectivity index (χ0v) is 11.1. The molecule has 0 spiro atoms. The largest absolute Gasteiger partial charge is 0.496 e. The van der Waals surface area contributed by atoms with Gasteiger partial charge in [0.05, 0.1) is 14.2 Å². The number of benzene rings is 1. The van der Waals surface area contributed by atoms with Crippen LogP contribution in [-0.2, 0) is 6.42 Å². The van der Waals surface area contributed by atoms with Crippen molar-refractivity contribution in [2.45, 2.75) is 32.6 Å². The summed E-state index contributed by atoms with van der Waals surface area (Å²) >= 11 is 0. The molecular weight excluding hydrogens is 216 g/mol. The van der Waals surface area contributed by atoms with Crippen molar-refractivity contribution in [3.63, 3.8) is 0 Å². The van der Waals surface area contributed by atoms with E-state index < -0.39 is 0 Å². The van der Waals surface area contributed by atoms with Crippen LogP contribution in [0.15, 0.2) is 12.1 Å². The molecule has 0 unspecified atom stereocenters. The van der Waals surface area contributed by atoms with E-state index in [1.54, 1.807) is 14.2 Å². The van der Waals surface area contributed by atoms with Crippen LogP contribution in [0.25, 0.3) is 0 Å². The fourth-order valence-electron chi connectivity index (χ4n) is 2.06. The Hall–Kier alpha value is -1.22. The topological polar surface area (TPSA) is 38.7 Å². The number of methoxy groups -OCH3 is 2. The highest BCUT2D eigenvalue weighted by atomic mass is 16.5. The Bertz CT molecular complexity index is 359. The average molecular weight is 238 g/mol. The zero-order valence-electron chi connectivity index (χ0n) is 11.1. The smallest absolute Gasteiger partial charge is 0.129 e. The summed E-state index contributed by atoms with van der Waals surface area (Å²) in [5.41, 5.74) is 2.23. The monoisotopic (exact) mass is 238 g/mol. The minimum atomic E-state index is 0.201. The molecule has 0 amide bonds. The summed E-state index contributed by atoms with van der Waals surface area (Å²) in [4.78, 5) is 0. The lowest BCUT2D eigenvalue weighted by Crippen LogP contribution is -2.03. The van der Waals surface area contributed by atoms with E-state index in [0.717, 1.165) is 35.5 Å². The lowest BCUT2D eigenvalue weighted by atomic mass is 9.96. The predicted molar refractivity (Wildman–Crippen MR) is 69.0 cm³/mol. The summed E-state index contributed by atoms with van der Waals surface area (Å²) in [5.74, 6) is 2.10. The van der Waals surface area contributed by atoms with Crippen LogP contribution < -0.4 is 9.47 Å². The molecule has 0 heterocycles. The Labute approximate surface area is 103 Å². The van der Waals surface area contributed by atoms with E-state index >= 15 is 0 Å². The van der Waals surface area contributed by atoms with Gasteiger partial charge in [-0.3, -0.25) is 0 Å². The van der Waals surface area contributed by atoms with Gasteiger partial charge in [0, 0.05) is 12.2 Å². The maximum Gasteiger partial charge on any atom is 0.129 e. The predicted octanol–water partition coefficient (Wildman–Crippen LogP) is 2.75. The van der Waals surface area contributed by atoms with Crippen LogP contribution in [0.3, 0.4) is 0 Å². The van der Waals surface area contributed by atoms with Gasteiger partial charge in [-0.15, -0.1) is 0 Å². The van der Waals surface area contributed by atoms with Crippen molar-refractivity contribution < 1.29 is 14.6 Å². The number of rotatable bonds is 6. The van der Waals surface area contributed by atoms with Crippen LogP contribution in [0.5, 0.6) is 11.5 Å². The molecule has 3 heteroatoms. The van der Waals surface area contributed by atoms with Crippen molar-refractivity contribution in [2.24, 2.45) is 0 Å². The normalized spacial score (nSPS) is 10.7. The van der Waals surface area contributed by atoms with Crippen molar-refractivity contribution >= 4 is 0 Å². The fraction of sp³-hybridized carbons (Fsp3) is 0.571. The Morgan fingerprint density at radius 1 is 1.18 bits per heavy atom. The molecule has 1 rings (SSSR count). The Kier molecular flexibility index (Phi) is 5.29. The number of ether oxygens (including phenoxy) is 2. The third-order valence-electron chi connectivity index (χ3n) is 2.84. The number of aliphatic hydroxyl groups excluding tert-OH is 1. The van der Waals surface area contributed by atoms with E-state index in [1.165, 1.54) is 0 Å². The minimum absolute atomic E-state index is 0.201. The second kappa shape index (κ2) is 6.50. The number of aryl methyl sites for hydroxylation is 1. The highest BCUT2D eigenvalue weighted by Crippen LogP contribution is 2.38. The number of hydrogen-bond acceptors (Lipinski definition) is 3. The van der Waals surface area contributed by atoms with E-state index in [-0.39, 0.29) is 6.61 Å². The molecule has 0 radical (unpaired) electrons. The molecule has 1 N–H and O–H groups in total. The van der Waals surface area contributed by atoms with Gasteiger partial charge in [0.15, 0.2) is 0 Å². The summed E-state index contributed by atoms with van der Waals surface area (Å²) in [6.07, 6.45) is 1.57. The summed E-state index contributed by atoms with van der Waals surface area (Å²) in [6.45, 7) is 4.44. The Morgan fingerprint density at radius 3 is 2.35 bits per heavy atom. The molecule has 0 bridgehead atoms. The van der Waals surface area contributed by atoms with Crippen molar-refractivity contribution in [2.75, 3.05) is 20.8 Å². The summed E-state index contributed by atoms with van der Waals surface area (Å²) < 4.78 is 10.9. The molecule has 0 atom stereocenters. The van der Waals surface area contributed by atoms with E-state index in [1.807, 2.05) is 12.1 Å². The Balaban J connectivity index is 3.20. The molecule has 0 fully saturated rings. The van der Waals surface area contributed by atoms with Crippen molar-refractivity contribution in [1.29, 1.82) is 0 Å². The first-order valence-corrected chi connectivity index (χ1v) is 6.00. The molecule has 1 aromatic carbocycles. The molecule has 0 saturated heterocycles. The number of aliphatic hydroxyl groups is 1. The lowest BCUT2D eigenvalue weighted by molar-refractivity contribution is 0.287. The van der Waals surface area contributed by atoms with E-state index in [2.05, 4.69) is 13.8 Å². The van der Waals surface area contributed by atoms with Gasteiger partial charge in [-0.25, -0.2) is 0 Å². The molecule has 1 aromatic rings. The molecule has 3 nitrogen and oxygen atoms in total. The molecule has 96 valence electrons. The van der Waals surface area contributed by atoms with Gasteiger partial charge in [0.1, 0.15) is 11.5 Å². The van der Waals surface area contributed by atoms with Crippen LogP contribution in [0, 0.1) is 0 Å². The summed E-state index contributed by atoms with van der Waals surface area (Å²) in [5, 5.41) is 8.90. The van der Waals surface area contributed by atoms with E-state index in [4.69, 9.17) is 14.6 Å². The molecule has 0 aliphatic carbocycles. The van der Waals surface area contributed by atoms with Crippen LogP contribution in [-0.4, -0.2) is 25.9 Å². The molecule has 0 aromatic heterocycles. The molecule has 17 heavy (non-hydrogen) atoms. The average Bonchev–Trinajstić information content (AvgIpc) is 2.34. The van der Waals surface area contributed by atoms with Gasteiger partial charge in [0.25, 0.3) is 0 Å². The maximum absolute atomic E-state index is 8.90. The lowest BCUT2D eigenvalue weighted by Gasteiger charge is -2.19. The first-order chi connectivity index (χ1) is 8.15. The molecule has 0 saturated carbocycles. The van der Waals surface area contributed by atoms with Gasteiger partial charge < -0.3 is 14.6 Å². The zero-order chi connectivity index (χ0) is 12.8. The van der Waals surface area contributed by atoms with Gasteiger partial charge in [-0.2, -0.15) is 0 Å². The Morgan fingerprint density at radius 2 is 1.88 bits per heavy atom. The van der Waals surface area contributed by atoms with E-state index in [9.17, 15) is 0 Å². The third-order valence-corrected chi connectivity index (χ3v) is 2.84. The maximum atomic E-state index is 8.90. The molecule has 0 aliphatic heterocycles. The second-order valence-electron chi connectivity index (χ2n) is 4.36. The fourth-order valence-corrected chi connectivity index (χ4v) is 2.06. The SMILES string of the molecule is COc1ccc(CCCO)c(OC)c1C(C)C. The first-order valence-electron chi connectivity index (χ1n) is 6.00. The highest BCUT2D eigenvalue weighted by Gasteiger charge is 2.17. The van der Waals surface area contributed by atoms with E-state index in [0.29, 0.717) is 5.92 Å². The van der Waals surface area contributed by atoms with Crippen LogP contribution in [0.4, 0.5) is 0 Å². The van der Waals surface area contributed by atoms with Gasteiger partial charge in [-0.05, 0) is 30.4 Å². The van der Waals surface area contributed by atoms with Crippen molar-refractivity contribution in [3.05, 3.63) is 23.3 Å². The highest BCUT2D eigenvalue weighted by molar-refractivity contribution is 5.51. The third kappa shape index (κ3) is 3.13. The van der Waals surface area contributed by atoms with Crippen molar-refractivity contribution in [3.8, 4) is 11.5 Å². The summed E-state index contributed by atoms with van der Waals surface area (Å²) in [6, 6.07) is 3.99.